The Kier molecular flexibility index (Phi) is 5.23. The SMILES string of the molecule is Cc1ccc(C)c(CCNc2cc(C3CCNCC3)ncn2)c1. The van der Waals surface area contributed by atoms with Crippen molar-refractivity contribution in [1.29, 1.82) is 0 Å². The quantitative estimate of drug-likeness (QED) is 0.890. The van der Waals surface area contributed by atoms with Crippen LogP contribution in [-0.4, -0.2) is 29.6 Å². The van der Waals surface area contributed by atoms with Crippen molar-refractivity contribution < 1.29 is 0 Å². The number of anilines is 1. The molecule has 1 fully saturated rings. The van der Waals surface area contributed by atoms with E-state index in [1.165, 1.54) is 35.2 Å². The molecule has 4 heteroatoms. The van der Waals surface area contributed by atoms with Crippen molar-refractivity contribution in [3.63, 3.8) is 0 Å². The molecule has 3 rings (SSSR count). The lowest BCUT2D eigenvalue weighted by atomic mass is 9.94. The first-order chi connectivity index (χ1) is 11.2. The van der Waals surface area contributed by atoms with Crippen molar-refractivity contribution in [1.82, 2.24) is 15.3 Å². The van der Waals surface area contributed by atoms with E-state index < -0.39 is 0 Å². The second-order valence-corrected chi connectivity index (χ2v) is 6.46. The minimum atomic E-state index is 0.568. The fraction of sp³-hybridized carbons (Fsp3) is 0.474. The topological polar surface area (TPSA) is 49.8 Å². The first-order valence-corrected chi connectivity index (χ1v) is 8.55. The van der Waals surface area contributed by atoms with E-state index in [-0.39, 0.29) is 0 Å². The molecular formula is C19H26N4. The van der Waals surface area contributed by atoms with E-state index in [1.54, 1.807) is 6.33 Å². The molecule has 2 heterocycles. The summed E-state index contributed by atoms with van der Waals surface area (Å²) in [5.41, 5.74) is 5.26. The molecule has 2 N–H and O–H groups in total. The summed E-state index contributed by atoms with van der Waals surface area (Å²) in [7, 11) is 0. The zero-order valence-electron chi connectivity index (χ0n) is 14.1. The molecule has 1 aromatic carbocycles. The van der Waals surface area contributed by atoms with Crippen molar-refractivity contribution >= 4 is 5.82 Å². The Bertz CT molecular complexity index is 648. The molecule has 1 aliphatic heterocycles. The number of nitrogens with zero attached hydrogens (tertiary/aromatic N) is 2. The van der Waals surface area contributed by atoms with E-state index in [2.05, 4.69) is 58.7 Å². The van der Waals surface area contributed by atoms with Gasteiger partial charge in [0.25, 0.3) is 0 Å². The third-order valence-corrected chi connectivity index (χ3v) is 4.65. The molecule has 122 valence electrons. The third kappa shape index (κ3) is 4.29. The van der Waals surface area contributed by atoms with Gasteiger partial charge in [0.15, 0.2) is 0 Å². The average Bonchev–Trinajstić information content (AvgIpc) is 2.59. The van der Waals surface area contributed by atoms with Crippen molar-refractivity contribution in [2.45, 2.75) is 39.0 Å². The first kappa shape index (κ1) is 15.9. The standard InChI is InChI=1S/C19H26N4/c1-14-3-4-15(2)17(11-14)7-10-21-19-12-18(22-13-23-19)16-5-8-20-9-6-16/h3-4,11-13,16,20H,5-10H2,1-2H3,(H,21,22,23). The van der Waals surface area contributed by atoms with E-state index >= 15 is 0 Å². The molecule has 0 bridgehead atoms. The van der Waals surface area contributed by atoms with Crippen LogP contribution in [0.4, 0.5) is 5.82 Å². The maximum Gasteiger partial charge on any atom is 0.129 e. The van der Waals surface area contributed by atoms with Crippen LogP contribution in [0.1, 0.15) is 41.1 Å². The van der Waals surface area contributed by atoms with Gasteiger partial charge in [-0.05, 0) is 57.3 Å². The fourth-order valence-corrected chi connectivity index (χ4v) is 3.20. The molecule has 0 aliphatic carbocycles. The second-order valence-electron chi connectivity index (χ2n) is 6.46. The van der Waals surface area contributed by atoms with Gasteiger partial charge in [0.1, 0.15) is 12.1 Å². The minimum Gasteiger partial charge on any atom is -0.370 e. The van der Waals surface area contributed by atoms with Gasteiger partial charge in [0, 0.05) is 24.2 Å². The highest BCUT2D eigenvalue weighted by Crippen LogP contribution is 2.24. The van der Waals surface area contributed by atoms with E-state index in [9.17, 15) is 0 Å². The lowest BCUT2D eigenvalue weighted by molar-refractivity contribution is 0.453. The van der Waals surface area contributed by atoms with Crippen LogP contribution in [0.25, 0.3) is 0 Å². The summed E-state index contributed by atoms with van der Waals surface area (Å²) < 4.78 is 0. The van der Waals surface area contributed by atoms with Gasteiger partial charge in [-0.3, -0.25) is 0 Å². The summed E-state index contributed by atoms with van der Waals surface area (Å²) in [6, 6.07) is 8.77. The van der Waals surface area contributed by atoms with E-state index in [1.807, 2.05) is 0 Å². The molecule has 4 nitrogen and oxygen atoms in total. The highest BCUT2D eigenvalue weighted by molar-refractivity contribution is 5.37. The highest BCUT2D eigenvalue weighted by atomic mass is 15.0. The van der Waals surface area contributed by atoms with Gasteiger partial charge in [-0.2, -0.15) is 0 Å². The molecule has 23 heavy (non-hydrogen) atoms. The lowest BCUT2D eigenvalue weighted by Crippen LogP contribution is -2.27. The summed E-state index contributed by atoms with van der Waals surface area (Å²) in [6.07, 6.45) is 5.04. The maximum atomic E-state index is 4.48. The van der Waals surface area contributed by atoms with Gasteiger partial charge in [-0.25, -0.2) is 9.97 Å². The van der Waals surface area contributed by atoms with E-state index in [0.717, 1.165) is 31.9 Å². The van der Waals surface area contributed by atoms with Crippen LogP contribution in [0.5, 0.6) is 0 Å². The zero-order chi connectivity index (χ0) is 16.1. The average molecular weight is 310 g/mol. The molecule has 0 amide bonds. The van der Waals surface area contributed by atoms with Crippen LogP contribution < -0.4 is 10.6 Å². The Labute approximate surface area is 138 Å². The van der Waals surface area contributed by atoms with Crippen LogP contribution in [0.2, 0.25) is 0 Å². The zero-order valence-corrected chi connectivity index (χ0v) is 14.1. The second kappa shape index (κ2) is 7.55. The normalized spacial score (nSPS) is 15.6. The number of nitrogens with one attached hydrogen (secondary N) is 2. The van der Waals surface area contributed by atoms with Crippen LogP contribution in [0.3, 0.4) is 0 Å². The summed E-state index contributed by atoms with van der Waals surface area (Å²) in [5, 5.41) is 6.85. The molecule has 1 aliphatic rings. The Morgan fingerprint density at radius 1 is 1.13 bits per heavy atom. The molecule has 0 unspecified atom stereocenters. The van der Waals surface area contributed by atoms with Gasteiger partial charge in [0.2, 0.25) is 0 Å². The lowest BCUT2D eigenvalue weighted by Gasteiger charge is -2.22. The molecule has 0 spiro atoms. The van der Waals surface area contributed by atoms with Gasteiger partial charge >= 0.3 is 0 Å². The first-order valence-electron chi connectivity index (χ1n) is 8.55. The molecule has 2 aromatic rings. The molecule has 1 saturated heterocycles. The van der Waals surface area contributed by atoms with E-state index in [4.69, 9.17) is 0 Å². The van der Waals surface area contributed by atoms with Gasteiger partial charge in [-0.1, -0.05) is 23.8 Å². The summed E-state index contributed by atoms with van der Waals surface area (Å²) >= 11 is 0. The van der Waals surface area contributed by atoms with Crippen LogP contribution >= 0.6 is 0 Å². The predicted octanol–water partition coefficient (Wildman–Crippen LogP) is 3.22. The largest absolute Gasteiger partial charge is 0.370 e. The predicted molar refractivity (Wildman–Crippen MR) is 95.0 cm³/mol. The van der Waals surface area contributed by atoms with Crippen LogP contribution in [-0.2, 0) is 6.42 Å². The molecule has 0 atom stereocenters. The third-order valence-electron chi connectivity index (χ3n) is 4.65. The minimum absolute atomic E-state index is 0.568. The molecule has 1 aromatic heterocycles. The number of hydrogen-bond acceptors (Lipinski definition) is 4. The molecule has 0 radical (unpaired) electrons. The Balaban J connectivity index is 1.59. The highest BCUT2D eigenvalue weighted by Gasteiger charge is 2.16. The number of hydrogen-bond donors (Lipinski definition) is 2. The Hall–Kier alpha value is -1.94. The number of benzene rings is 1. The Morgan fingerprint density at radius 3 is 2.78 bits per heavy atom. The van der Waals surface area contributed by atoms with Crippen molar-refractivity contribution in [3.05, 3.63) is 53.0 Å². The Morgan fingerprint density at radius 2 is 1.96 bits per heavy atom. The number of aromatic nitrogens is 2. The van der Waals surface area contributed by atoms with Gasteiger partial charge in [0.05, 0.1) is 0 Å². The summed E-state index contributed by atoms with van der Waals surface area (Å²) in [5.74, 6) is 1.51. The van der Waals surface area contributed by atoms with Gasteiger partial charge in [-0.15, -0.1) is 0 Å². The van der Waals surface area contributed by atoms with Crippen LogP contribution in [0, 0.1) is 13.8 Å². The monoisotopic (exact) mass is 310 g/mol. The van der Waals surface area contributed by atoms with Crippen molar-refractivity contribution in [3.8, 4) is 0 Å². The molecular weight excluding hydrogens is 284 g/mol. The number of aryl methyl sites for hydroxylation is 2. The number of rotatable bonds is 5. The fourth-order valence-electron chi connectivity index (χ4n) is 3.20. The van der Waals surface area contributed by atoms with E-state index in [0.29, 0.717) is 5.92 Å². The van der Waals surface area contributed by atoms with Crippen LogP contribution in [0.15, 0.2) is 30.6 Å². The maximum absolute atomic E-state index is 4.48. The smallest absolute Gasteiger partial charge is 0.129 e. The number of piperidine rings is 1. The van der Waals surface area contributed by atoms with Gasteiger partial charge < -0.3 is 10.6 Å². The van der Waals surface area contributed by atoms with Crippen molar-refractivity contribution in [2.24, 2.45) is 0 Å². The van der Waals surface area contributed by atoms with Crippen molar-refractivity contribution in [2.75, 3.05) is 25.0 Å². The molecule has 0 saturated carbocycles. The summed E-state index contributed by atoms with van der Waals surface area (Å²) in [4.78, 5) is 8.84. The summed E-state index contributed by atoms with van der Waals surface area (Å²) in [6.45, 7) is 7.39.